The van der Waals surface area contributed by atoms with Crippen molar-refractivity contribution in [2.24, 2.45) is 0 Å². The Morgan fingerprint density at radius 1 is 1.41 bits per heavy atom. The van der Waals surface area contributed by atoms with Crippen molar-refractivity contribution < 1.29 is 4.79 Å². The molecule has 1 saturated carbocycles. The molecule has 1 fully saturated rings. The zero-order chi connectivity index (χ0) is 12.3. The van der Waals surface area contributed by atoms with E-state index >= 15 is 0 Å². The number of hydrogen-bond donors (Lipinski definition) is 2. The number of carbonyl (C=O) groups is 1. The fourth-order valence-corrected chi connectivity index (χ4v) is 2.81. The number of alkyl halides is 1. The van der Waals surface area contributed by atoms with Crippen LogP contribution in [0.3, 0.4) is 0 Å². The molecule has 1 aromatic heterocycles. The van der Waals surface area contributed by atoms with Crippen LogP contribution in [0.25, 0.3) is 0 Å². The van der Waals surface area contributed by atoms with E-state index in [9.17, 15) is 9.59 Å². The first kappa shape index (κ1) is 12.4. The van der Waals surface area contributed by atoms with E-state index in [-0.39, 0.29) is 22.9 Å². The summed E-state index contributed by atoms with van der Waals surface area (Å²) < 4.78 is 0. The lowest BCUT2D eigenvalue weighted by Crippen LogP contribution is -2.43. The van der Waals surface area contributed by atoms with Crippen LogP contribution in [0.1, 0.15) is 36.0 Å². The Hall–Kier alpha value is -1.10. The summed E-state index contributed by atoms with van der Waals surface area (Å²) in [5, 5.41) is 2.92. The van der Waals surface area contributed by atoms with Gasteiger partial charge in [-0.25, -0.2) is 0 Å². The Bertz CT molecular complexity index is 458. The summed E-state index contributed by atoms with van der Waals surface area (Å²) in [4.78, 5) is 26.5. The van der Waals surface area contributed by atoms with Crippen LogP contribution in [0.15, 0.2) is 23.3 Å². The molecule has 2 N–H and O–H groups in total. The number of carbonyl (C=O) groups excluding carboxylic acids is 1. The number of pyridine rings is 1. The average Bonchev–Trinajstić information content (AvgIpc) is 2.32. The van der Waals surface area contributed by atoms with Gasteiger partial charge in [0.25, 0.3) is 5.91 Å². The minimum absolute atomic E-state index is 0.121. The highest BCUT2D eigenvalue weighted by Crippen LogP contribution is 2.24. The van der Waals surface area contributed by atoms with E-state index in [0.29, 0.717) is 4.83 Å². The first-order chi connectivity index (χ1) is 8.18. The van der Waals surface area contributed by atoms with Gasteiger partial charge in [0.2, 0.25) is 0 Å². The molecule has 5 heteroatoms. The maximum absolute atomic E-state index is 11.9. The third-order valence-corrected chi connectivity index (χ3v) is 4.16. The quantitative estimate of drug-likeness (QED) is 0.818. The lowest BCUT2D eigenvalue weighted by atomic mass is 9.95. The summed E-state index contributed by atoms with van der Waals surface area (Å²) >= 11 is 3.57. The highest BCUT2D eigenvalue weighted by Gasteiger charge is 2.25. The molecule has 1 amide bonds. The number of nitrogens with one attached hydrogen (secondary N) is 2. The van der Waals surface area contributed by atoms with E-state index in [1.54, 1.807) is 0 Å². The molecule has 0 radical (unpaired) electrons. The third-order valence-electron chi connectivity index (χ3n) is 3.07. The van der Waals surface area contributed by atoms with E-state index in [2.05, 4.69) is 26.2 Å². The fraction of sp³-hybridized carbons (Fsp3) is 0.500. The SMILES string of the molecule is O=C(NC1CCCCC1Br)c1c[nH]ccc1=O. The number of halogens is 1. The van der Waals surface area contributed by atoms with Gasteiger partial charge in [0.05, 0.1) is 0 Å². The molecule has 1 aromatic rings. The van der Waals surface area contributed by atoms with Gasteiger partial charge < -0.3 is 10.3 Å². The van der Waals surface area contributed by atoms with Crippen LogP contribution >= 0.6 is 15.9 Å². The summed E-state index contributed by atoms with van der Waals surface area (Å²) in [5.74, 6) is -0.289. The van der Waals surface area contributed by atoms with Gasteiger partial charge in [0, 0.05) is 29.3 Å². The number of H-pyrrole nitrogens is 1. The predicted octanol–water partition coefficient (Wildman–Crippen LogP) is 1.81. The molecule has 1 aliphatic carbocycles. The van der Waals surface area contributed by atoms with E-state index in [4.69, 9.17) is 0 Å². The fourth-order valence-electron chi connectivity index (χ4n) is 2.09. The molecule has 0 spiro atoms. The molecule has 2 rings (SSSR count). The maximum Gasteiger partial charge on any atom is 0.256 e. The van der Waals surface area contributed by atoms with Gasteiger partial charge >= 0.3 is 0 Å². The van der Waals surface area contributed by atoms with E-state index in [1.165, 1.54) is 24.9 Å². The van der Waals surface area contributed by atoms with E-state index < -0.39 is 0 Å². The molecule has 4 nitrogen and oxygen atoms in total. The van der Waals surface area contributed by atoms with Crippen molar-refractivity contribution in [1.82, 2.24) is 10.3 Å². The molecule has 92 valence electrons. The van der Waals surface area contributed by atoms with E-state index in [1.807, 2.05) is 0 Å². The van der Waals surface area contributed by atoms with Gasteiger partial charge in [-0.2, -0.15) is 0 Å². The Labute approximate surface area is 108 Å². The number of hydrogen-bond acceptors (Lipinski definition) is 2. The molecule has 17 heavy (non-hydrogen) atoms. The summed E-state index contributed by atoms with van der Waals surface area (Å²) in [5.41, 5.74) is -0.0686. The van der Waals surface area contributed by atoms with E-state index in [0.717, 1.165) is 19.3 Å². The van der Waals surface area contributed by atoms with Crippen molar-refractivity contribution in [3.8, 4) is 0 Å². The minimum Gasteiger partial charge on any atom is -0.367 e. The maximum atomic E-state index is 11.9. The molecule has 2 atom stereocenters. The first-order valence-corrected chi connectivity index (χ1v) is 6.72. The first-order valence-electron chi connectivity index (χ1n) is 5.80. The van der Waals surface area contributed by atoms with Crippen molar-refractivity contribution in [3.63, 3.8) is 0 Å². The molecule has 2 unspecified atom stereocenters. The van der Waals surface area contributed by atoms with Crippen LogP contribution in [-0.2, 0) is 0 Å². The van der Waals surface area contributed by atoms with Gasteiger partial charge in [-0.05, 0) is 12.8 Å². The van der Waals surface area contributed by atoms with Gasteiger partial charge in [-0.15, -0.1) is 0 Å². The number of aromatic nitrogens is 1. The van der Waals surface area contributed by atoms with Gasteiger partial charge in [-0.1, -0.05) is 28.8 Å². The summed E-state index contributed by atoms with van der Waals surface area (Å²) in [6.45, 7) is 0. The number of rotatable bonds is 2. The molecule has 0 saturated heterocycles. The minimum atomic E-state index is -0.289. The average molecular weight is 299 g/mol. The zero-order valence-corrected chi connectivity index (χ0v) is 11.0. The Kier molecular flexibility index (Phi) is 3.99. The van der Waals surface area contributed by atoms with Crippen LogP contribution in [0, 0.1) is 0 Å². The molecule has 1 heterocycles. The van der Waals surface area contributed by atoms with Crippen molar-refractivity contribution in [2.75, 3.05) is 0 Å². The van der Waals surface area contributed by atoms with Crippen molar-refractivity contribution >= 4 is 21.8 Å². The molecule has 0 bridgehead atoms. The second kappa shape index (κ2) is 5.49. The summed E-state index contributed by atoms with van der Waals surface area (Å²) in [6, 6.07) is 1.48. The number of amides is 1. The molecule has 0 aliphatic heterocycles. The highest BCUT2D eigenvalue weighted by atomic mass is 79.9. The van der Waals surface area contributed by atoms with Crippen LogP contribution in [0.2, 0.25) is 0 Å². The van der Waals surface area contributed by atoms with Crippen LogP contribution in [-0.4, -0.2) is 21.8 Å². The van der Waals surface area contributed by atoms with Crippen LogP contribution in [0.4, 0.5) is 0 Å². The lowest BCUT2D eigenvalue weighted by Gasteiger charge is -2.28. The molecular weight excluding hydrogens is 284 g/mol. The number of aromatic amines is 1. The zero-order valence-electron chi connectivity index (χ0n) is 9.41. The topological polar surface area (TPSA) is 62.0 Å². The Balaban J connectivity index is 2.06. The molecular formula is C12H15BrN2O2. The van der Waals surface area contributed by atoms with Crippen molar-refractivity contribution in [2.45, 2.75) is 36.6 Å². The van der Waals surface area contributed by atoms with Crippen molar-refractivity contribution in [3.05, 3.63) is 34.2 Å². The molecule has 1 aliphatic rings. The molecule has 0 aromatic carbocycles. The standard InChI is InChI=1S/C12H15BrN2O2/c13-9-3-1-2-4-10(9)15-12(17)8-7-14-6-5-11(8)16/h5-7,9-10H,1-4H2,(H,14,16)(H,15,17). The normalized spacial score (nSPS) is 24.3. The Morgan fingerprint density at radius 2 is 2.18 bits per heavy atom. The highest BCUT2D eigenvalue weighted by molar-refractivity contribution is 9.09. The third kappa shape index (κ3) is 2.97. The van der Waals surface area contributed by atoms with Crippen LogP contribution < -0.4 is 10.7 Å². The van der Waals surface area contributed by atoms with Crippen molar-refractivity contribution in [1.29, 1.82) is 0 Å². The second-order valence-corrected chi connectivity index (χ2v) is 5.48. The summed E-state index contributed by atoms with van der Waals surface area (Å²) in [7, 11) is 0. The van der Waals surface area contributed by atoms with Gasteiger partial charge in [0.1, 0.15) is 5.56 Å². The largest absolute Gasteiger partial charge is 0.367 e. The monoisotopic (exact) mass is 298 g/mol. The van der Waals surface area contributed by atoms with Gasteiger partial charge in [0.15, 0.2) is 5.43 Å². The lowest BCUT2D eigenvalue weighted by molar-refractivity contribution is 0.0928. The van der Waals surface area contributed by atoms with Gasteiger partial charge in [-0.3, -0.25) is 9.59 Å². The van der Waals surface area contributed by atoms with Crippen LogP contribution in [0.5, 0.6) is 0 Å². The Morgan fingerprint density at radius 3 is 2.88 bits per heavy atom. The predicted molar refractivity (Wildman–Crippen MR) is 69.5 cm³/mol. The summed E-state index contributed by atoms with van der Waals surface area (Å²) in [6.07, 6.45) is 7.31. The smallest absolute Gasteiger partial charge is 0.256 e. The second-order valence-electron chi connectivity index (χ2n) is 4.30.